The third-order valence-corrected chi connectivity index (χ3v) is 7.48. The Morgan fingerprint density at radius 1 is 1.36 bits per heavy atom. The van der Waals surface area contributed by atoms with E-state index in [4.69, 9.17) is 4.74 Å². The van der Waals surface area contributed by atoms with Crippen LogP contribution in [-0.4, -0.2) is 75.5 Å². The van der Waals surface area contributed by atoms with E-state index in [1.165, 1.54) is 19.2 Å². The first kappa shape index (κ1) is 18.1. The van der Waals surface area contributed by atoms with Gasteiger partial charge in [0.2, 0.25) is 5.91 Å². The number of rotatable bonds is 4. The molecule has 0 bridgehead atoms. The Kier molecular flexibility index (Phi) is 4.76. The number of hydrogen-bond acceptors (Lipinski definition) is 5. The van der Waals surface area contributed by atoms with Gasteiger partial charge in [-0.05, 0) is 31.8 Å². The zero-order valence-electron chi connectivity index (χ0n) is 14.6. The monoisotopic (exact) mass is 370 g/mol. The number of ether oxygens (including phenoxy) is 1. The van der Waals surface area contributed by atoms with Crippen LogP contribution in [0.1, 0.15) is 5.56 Å². The molecule has 8 heteroatoms. The second kappa shape index (κ2) is 6.57. The van der Waals surface area contributed by atoms with Crippen LogP contribution in [0, 0.1) is 11.7 Å². The van der Waals surface area contributed by atoms with E-state index in [9.17, 15) is 17.6 Å². The number of methoxy groups -OCH3 is 1. The third kappa shape index (κ3) is 3.37. The molecule has 6 nitrogen and oxygen atoms in total. The van der Waals surface area contributed by atoms with Crippen molar-refractivity contribution in [2.75, 3.05) is 40.0 Å². The van der Waals surface area contributed by atoms with E-state index in [0.29, 0.717) is 12.1 Å². The highest BCUT2D eigenvalue weighted by Gasteiger charge is 2.53. The number of halogens is 1. The molecule has 0 aliphatic carbocycles. The van der Waals surface area contributed by atoms with Gasteiger partial charge in [-0.25, -0.2) is 12.8 Å². The number of fused-ring (bicyclic) bond motifs is 1. The van der Waals surface area contributed by atoms with Crippen molar-refractivity contribution in [3.05, 3.63) is 29.6 Å². The van der Waals surface area contributed by atoms with Crippen molar-refractivity contribution in [3.8, 4) is 5.75 Å². The highest BCUT2D eigenvalue weighted by molar-refractivity contribution is 7.92. The van der Waals surface area contributed by atoms with E-state index in [1.54, 1.807) is 11.0 Å². The molecule has 2 heterocycles. The van der Waals surface area contributed by atoms with Crippen LogP contribution in [-0.2, 0) is 21.1 Å². The number of benzene rings is 1. The third-order valence-electron chi connectivity index (χ3n) is 5.26. The van der Waals surface area contributed by atoms with Gasteiger partial charge in [-0.15, -0.1) is 0 Å². The van der Waals surface area contributed by atoms with Crippen LogP contribution < -0.4 is 4.74 Å². The molecule has 0 saturated carbocycles. The molecular weight excluding hydrogens is 347 g/mol. The number of likely N-dealkylation sites (tertiary alicyclic amines) is 1. The summed E-state index contributed by atoms with van der Waals surface area (Å²) < 4.78 is 43.4. The van der Waals surface area contributed by atoms with E-state index < -0.39 is 20.9 Å². The number of carbonyl (C=O) groups is 1. The number of amides is 1. The zero-order chi connectivity index (χ0) is 18.4. The van der Waals surface area contributed by atoms with E-state index in [1.807, 2.05) is 19.0 Å². The molecule has 0 unspecified atom stereocenters. The fraction of sp³-hybridized carbons (Fsp3) is 0.588. The SMILES string of the molecule is COc1ccc(CC(=O)N2C[C@H]3[C@H](N(C)C)CS(=O)(=O)[C@H]3C2)cc1F. The van der Waals surface area contributed by atoms with Gasteiger partial charge in [-0.2, -0.15) is 0 Å². The second-order valence-electron chi connectivity index (χ2n) is 7.01. The molecule has 2 aliphatic heterocycles. The Balaban J connectivity index is 1.72. The summed E-state index contributed by atoms with van der Waals surface area (Å²) in [7, 11) is 1.93. The maximum Gasteiger partial charge on any atom is 0.227 e. The first-order valence-electron chi connectivity index (χ1n) is 8.21. The topological polar surface area (TPSA) is 66.9 Å². The van der Waals surface area contributed by atoms with Gasteiger partial charge in [0.05, 0.1) is 24.5 Å². The first-order valence-corrected chi connectivity index (χ1v) is 9.92. The molecule has 3 atom stereocenters. The quantitative estimate of drug-likeness (QED) is 0.775. The minimum absolute atomic E-state index is 0.0486. The molecule has 0 N–H and O–H groups in total. The lowest BCUT2D eigenvalue weighted by atomic mass is 10.00. The van der Waals surface area contributed by atoms with Crippen LogP contribution in [0.25, 0.3) is 0 Å². The van der Waals surface area contributed by atoms with Gasteiger partial charge in [-0.1, -0.05) is 6.07 Å². The maximum atomic E-state index is 13.8. The minimum atomic E-state index is -3.19. The fourth-order valence-corrected chi connectivity index (χ4v) is 6.35. The van der Waals surface area contributed by atoms with Gasteiger partial charge >= 0.3 is 0 Å². The zero-order valence-corrected chi connectivity index (χ0v) is 15.4. The van der Waals surface area contributed by atoms with Crippen molar-refractivity contribution in [1.82, 2.24) is 9.80 Å². The minimum Gasteiger partial charge on any atom is -0.494 e. The average Bonchev–Trinajstić information content (AvgIpc) is 3.07. The Morgan fingerprint density at radius 2 is 2.08 bits per heavy atom. The molecule has 138 valence electrons. The van der Waals surface area contributed by atoms with Gasteiger partial charge in [0.25, 0.3) is 0 Å². The normalized spacial score (nSPS) is 27.6. The second-order valence-corrected chi connectivity index (χ2v) is 9.27. The summed E-state index contributed by atoms with van der Waals surface area (Å²) in [6, 6.07) is 4.36. The van der Waals surface area contributed by atoms with Gasteiger partial charge in [-0.3, -0.25) is 4.79 Å². The maximum absolute atomic E-state index is 13.8. The first-order chi connectivity index (χ1) is 11.7. The van der Waals surface area contributed by atoms with E-state index in [0.717, 1.165) is 0 Å². The lowest BCUT2D eigenvalue weighted by Crippen LogP contribution is -2.39. The molecule has 1 amide bonds. The lowest BCUT2D eigenvalue weighted by molar-refractivity contribution is -0.129. The van der Waals surface area contributed by atoms with Crippen molar-refractivity contribution < 1.29 is 22.3 Å². The van der Waals surface area contributed by atoms with E-state index in [2.05, 4.69) is 0 Å². The molecule has 2 aliphatic rings. The number of nitrogens with zero attached hydrogens (tertiary/aromatic N) is 2. The standard InChI is InChI=1S/C17H23FN2O4S/c1-19(2)14-10-25(22,23)16-9-20(8-12(14)16)17(21)7-11-4-5-15(24-3)13(18)6-11/h4-6,12,14,16H,7-10H2,1-3H3/t12-,14+,16-/m0/s1. The summed E-state index contributed by atoms with van der Waals surface area (Å²) in [5, 5.41) is -0.489. The Hall–Kier alpha value is -1.67. The number of sulfone groups is 1. The van der Waals surface area contributed by atoms with Crippen LogP contribution in [0.5, 0.6) is 5.75 Å². The van der Waals surface area contributed by atoms with E-state index in [-0.39, 0.29) is 42.3 Å². The molecule has 25 heavy (non-hydrogen) atoms. The fourth-order valence-electron chi connectivity index (χ4n) is 3.88. The summed E-state index contributed by atoms with van der Waals surface area (Å²) in [5.74, 6) is -0.461. The molecular formula is C17H23FN2O4S. The summed E-state index contributed by atoms with van der Waals surface area (Å²) in [4.78, 5) is 16.1. The summed E-state index contributed by atoms with van der Waals surface area (Å²) in [6.07, 6.45) is 0.0486. The molecule has 2 fully saturated rings. The molecule has 3 rings (SSSR count). The van der Waals surface area contributed by atoms with Crippen LogP contribution in [0.15, 0.2) is 18.2 Å². The summed E-state index contributed by atoms with van der Waals surface area (Å²) >= 11 is 0. The lowest BCUT2D eigenvalue weighted by Gasteiger charge is -2.25. The highest BCUT2D eigenvalue weighted by atomic mass is 32.2. The average molecular weight is 370 g/mol. The molecule has 0 radical (unpaired) electrons. The molecule has 0 aromatic heterocycles. The smallest absolute Gasteiger partial charge is 0.227 e. The molecule has 2 saturated heterocycles. The summed E-state index contributed by atoms with van der Waals surface area (Å²) in [6.45, 7) is 0.666. The van der Waals surface area contributed by atoms with Crippen molar-refractivity contribution in [2.24, 2.45) is 5.92 Å². The van der Waals surface area contributed by atoms with Crippen LogP contribution in [0.2, 0.25) is 0 Å². The van der Waals surface area contributed by atoms with E-state index >= 15 is 0 Å². The van der Waals surface area contributed by atoms with Crippen molar-refractivity contribution in [3.63, 3.8) is 0 Å². The Morgan fingerprint density at radius 3 is 2.68 bits per heavy atom. The largest absolute Gasteiger partial charge is 0.494 e. The van der Waals surface area contributed by atoms with Crippen molar-refractivity contribution >= 4 is 15.7 Å². The number of hydrogen-bond donors (Lipinski definition) is 0. The van der Waals surface area contributed by atoms with Crippen LogP contribution in [0.4, 0.5) is 4.39 Å². The molecule has 0 spiro atoms. The van der Waals surface area contributed by atoms with Gasteiger partial charge < -0.3 is 14.5 Å². The van der Waals surface area contributed by atoms with Gasteiger partial charge in [0, 0.05) is 25.0 Å². The van der Waals surface area contributed by atoms with Crippen molar-refractivity contribution in [2.45, 2.75) is 17.7 Å². The number of carbonyl (C=O) groups excluding carboxylic acids is 1. The Labute approximate surface area is 147 Å². The van der Waals surface area contributed by atoms with Crippen LogP contribution >= 0.6 is 0 Å². The summed E-state index contributed by atoms with van der Waals surface area (Å²) in [5.41, 5.74) is 0.548. The molecule has 1 aromatic carbocycles. The van der Waals surface area contributed by atoms with Gasteiger partial charge in [0.15, 0.2) is 21.4 Å². The predicted octanol–water partition coefficient (Wildman–Crippen LogP) is 0.562. The predicted molar refractivity (Wildman–Crippen MR) is 91.8 cm³/mol. The van der Waals surface area contributed by atoms with Gasteiger partial charge in [0.1, 0.15) is 0 Å². The molecule has 1 aromatic rings. The van der Waals surface area contributed by atoms with Crippen LogP contribution in [0.3, 0.4) is 0 Å². The highest BCUT2D eigenvalue weighted by Crippen LogP contribution is 2.36. The Bertz CT molecular complexity index is 781. The van der Waals surface area contributed by atoms with Crippen molar-refractivity contribution in [1.29, 1.82) is 0 Å².